The largest absolute Gasteiger partial charge is 0.338 e. The van der Waals surface area contributed by atoms with Crippen molar-refractivity contribution < 1.29 is 14.4 Å². The molecule has 1 aromatic rings. The number of carbonyl (C=O) groups is 3. The van der Waals surface area contributed by atoms with Crippen molar-refractivity contribution in [3.8, 4) is 0 Å². The van der Waals surface area contributed by atoms with Crippen LogP contribution in [0.3, 0.4) is 0 Å². The lowest BCUT2D eigenvalue weighted by Gasteiger charge is -2.16. The Morgan fingerprint density at radius 2 is 1.60 bits per heavy atom. The second-order valence-electron chi connectivity index (χ2n) is 6.95. The van der Waals surface area contributed by atoms with Gasteiger partial charge in [-0.05, 0) is 30.9 Å². The van der Waals surface area contributed by atoms with E-state index in [-0.39, 0.29) is 23.8 Å². The Morgan fingerprint density at radius 3 is 2.12 bits per heavy atom. The summed E-state index contributed by atoms with van der Waals surface area (Å²) in [6.45, 7) is 2.14. The summed E-state index contributed by atoms with van der Waals surface area (Å²) in [4.78, 5) is 36.9. The molecule has 3 saturated heterocycles. The molecule has 3 fully saturated rings. The number of amides is 3. The van der Waals surface area contributed by atoms with E-state index in [1.54, 1.807) is 0 Å². The van der Waals surface area contributed by atoms with E-state index in [1.165, 1.54) is 10.5 Å². The van der Waals surface area contributed by atoms with Gasteiger partial charge in [0.2, 0.25) is 17.7 Å². The highest BCUT2D eigenvalue weighted by Gasteiger charge is 2.40. The third kappa shape index (κ3) is 4.07. The molecule has 3 amide bonds. The maximum Gasteiger partial charge on any atom is 0.229 e. The van der Waals surface area contributed by atoms with Gasteiger partial charge in [-0.2, -0.15) is 0 Å². The summed E-state index contributed by atoms with van der Waals surface area (Å²) >= 11 is 0. The maximum atomic E-state index is 11.6. The van der Waals surface area contributed by atoms with Crippen molar-refractivity contribution in [2.45, 2.75) is 44.7 Å². The first kappa shape index (κ1) is 17.6. The molecule has 1 unspecified atom stereocenters. The van der Waals surface area contributed by atoms with Crippen LogP contribution in [0.5, 0.6) is 0 Å². The van der Waals surface area contributed by atoms with Gasteiger partial charge in [0.15, 0.2) is 0 Å². The monoisotopic (exact) mass is 343 g/mol. The lowest BCUT2D eigenvalue weighted by atomic mass is 10.1. The van der Waals surface area contributed by atoms with Gasteiger partial charge in [-0.3, -0.25) is 19.3 Å². The quantitative estimate of drug-likeness (QED) is 0.838. The van der Waals surface area contributed by atoms with Crippen LogP contribution >= 0.6 is 0 Å². The SMILES string of the molecule is NCC1CC(=O)N(Cc2ccccc2)C1.O=C1CCC2CCC(=O)N12. The number of nitrogens with zero attached hydrogens (tertiary/aromatic N) is 2. The summed E-state index contributed by atoms with van der Waals surface area (Å²) in [6, 6.07) is 10.3. The molecule has 0 aromatic heterocycles. The van der Waals surface area contributed by atoms with Gasteiger partial charge in [0.25, 0.3) is 0 Å². The smallest absolute Gasteiger partial charge is 0.229 e. The predicted molar refractivity (Wildman–Crippen MR) is 93.1 cm³/mol. The lowest BCUT2D eigenvalue weighted by molar-refractivity contribution is -0.140. The van der Waals surface area contributed by atoms with Gasteiger partial charge in [-0.25, -0.2) is 0 Å². The van der Waals surface area contributed by atoms with Crippen LogP contribution < -0.4 is 5.73 Å². The molecule has 0 bridgehead atoms. The zero-order valence-corrected chi connectivity index (χ0v) is 14.4. The van der Waals surface area contributed by atoms with Crippen molar-refractivity contribution >= 4 is 17.7 Å². The van der Waals surface area contributed by atoms with Crippen molar-refractivity contribution in [3.05, 3.63) is 35.9 Å². The first-order valence-corrected chi connectivity index (χ1v) is 8.95. The van der Waals surface area contributed by atoms with Crippen LogP contribution in [0.1, 0.15) is 37.7 Å². The topological polar surface area (TPSA) is 83.7 Å². The molecule has 2 N–H and O–H groups in total. The van der Waals surface area contributed by atoms with Crippen LogP contribution in [0.25, 0.3) is 0 Å². The molecule has 6 heteroatoms. The van der Waals surface area contributed by atoms with E-state index in [9.17, 15) is 14.4 Å². The minimum atomic E-state index is 0.0347. The fourth-order valence-electron chi connectivity index (χ4n) is 3.74. The second-order valence-corrected chi connectivity index (χ2v) is 6.95. The third-order valence-electron chi connectivity index (χ3n) is 5.13. The average Bonchev–Trinajstić information content (AvgIpc) is 3.28. The fourth-order valence-corrected chi connectivity index (χ4v) is 3.74. The molecule has 3 heterocycles. The van der Waals surface area contributed by atoms with Crippen LogP contribution in [-0.2, 0) is 20.9 Å². The van der Waals surface area contributed by atoms with Crippen molar-refractivity contribution in [3.63, 3.8) is 0 Å². The summed E-state index contributed by atoms with van der Waals surface area (Å²) < 4.78 is 0. The van der Waals surface area contributed by atoms with Crippen molar-refractivity contribution in [2.24, 2.45) is 11.7 Å². The Labute approximate surface area is 148 Å². The number of rotatable bonds is 3. The van der Waals surface area contributed by atoms with E-state index >= 15 is 0 Å². The van der Waals surface area contributed by atoms with E-state index in [1.807, 2.05) is 35.2 Å². The van der Waals surface area contributed by atoms with Crippen molar-refractivity contribution in [1.82, 2.24) is 9.80 Å². The number of hydrogen-bond donors (Lipinski definition) is 1. The minimum Gasteiger partial charge on any atom is -0.338 e. The molecular formula is C19H25N3O3. The summed E-state index contributed by atoms with van der Waals surface area (Å²) in [5.74, 6) is 0.649. The normalized spacial score (nSPS) is 23.1. The molecule has 3 aliphatic rings. The predicted octanol–water partition coefficient (Wildman–Crippen LogP) is 1.29. The van der Waals surface area contributed by atoms with Gasteiger partial charge < -0.3 is 10.6 Å². The number of nitrogens with two attached hydrogens (primary N) is 1. The number of hydrogen-bond acceptors (Lipinski definition) is 4. The Hall–Kier alpha value is -2.21. The Bertz CT molecular complexity index is 627. The fraction of sp³-hybridized carbons (Fsp3) is 0.526. The molecule has 1 atom stereocenters. The summed E-state index contributed by atoms with van der Waals surface area (Å²) in [5, 5.41) is 0. The molecule has 25 heavy (non-hydrogen) atoms. The molecule has 0 saturated carbocycles. The number of fused-ring (bicyclic) bond motifs is 1. The molecule has 0 spiro atoms. The molecule has 3 aliphatic heterocycles. The molecule has 134 valence electrons. The second kappa shape index (κ2) is 7.78. The lowest BCUT2D eigenvalue weighted by Crippen LogP contribution is -2.30. The Kier molecular flexibility index (Phi) is 5.48. The van der Waals surface area contributed by atoms with E-state index < -0.39 is 0 Å². The van der Waals surface area contributed by atoms with E-state index in [4.69, 9.17) is 5.73 Å². The molecular weight excluding hydrogens is 318 g/mol. The van der Waals surface area contributed by atoms with Gasteiger partial charge in [0, 0.05) is 38.4 Å². The first-order chi connectivity index (χ1) is 12.1. The minimum absolute atomic E-state index is 0.0347. The van der Waals surface area contributed by atoms with Gasteiger partial charge in [0.1, 0.15) is 0 Å². The van der Waals surface area contributed by atoms with Gasteiger partial charge in [0.05, 0.1) is 0 Å². The summed E-state index contributed by atoms with van der Waals surface area (Å²) in [6.07, 6.45) is 3.56. The number of imide groups is 1. The Balaban J connectivity index is 0.000000157. The maximum absolute atomic E-state index is 11.6. The van der Waals surface area contributed by atoms with Crippen LogP contribution in [0.4, 0.5) is 0 Å². The number of carbonyl (C=O) groups excluding carboxylic acids is 3. The third-order valence-corrected chi connectivity index (χ3v) is 5.13. The Morgan fingerprint density at radius 1 is 0.960 bits per heavy atom. The van der Waals surface area contributed by atoms with E-state index in [2.05, 4.69) is 0 Å². The zero-order chi connectivity index (χ0) is 17.8. The van der Waals surface area contributed by atoms with Crippen LogP contribution in [0, 0.1) is 5.92 Å². The first-order valence-electron chi connectivity index (χ1n) is 8.95. The van der Waals surface area contributed by atoms with Gasteiger partial charge in [-0.15, -0.1) is 0 Å². The van der Waals surface area contributed by atoms with Crippen LogP contribution in [0.15, 0.2) is 30.3 Å². The average molecular weight is 343 g/mol. The molecule has 0 radical (unpaired) electrons. The molecule has 4 rings (SSSR count). The summed E-state index contributed by atoms with van der Waals surface area (Å²) in [5.41, 5.74) is 6.76. The zero-order valence-electron chi connectivity index (χ0n) is 14.4. The van der Waals surface area contributed by atoms with E-state index in [0.717, 1.165) is 25.9 Å². The highest BCUT2D eigenvalue weighted by Crippen LogP contribution is 2.29. The van der Waals surface area contributed by atoms with E-state index in [0.29, 0.717) is 31.7 Å². The standard InChI is InChI=1S/C12H16N2O.C7H9NO2/c13-7-11-6-12(15)14(9-11)8-10-4-2-1-3-5-10;9-6-3-1-5-2-4-7(10)8(5)6/h1-5,11H,6-9,13H2;5H,1-4H2. The van der Waals surface area contributed by atoms with Crippen LogP contribution in [-0.4, -0.2) is 46.7 Å². The van der Waals surface area contributed by atoms with Gasteiger partial charge in [-0.1, -0.05) is 30.3 Å². The van der Waals surface area contributed by atoms with Gasteiger partial charge >= 0.3 is 0 Å². The number of benzene rings is 1. The van der Waals surface area contributed by atoms with Crippen molar-refractivity contribution in [2.75, 3.05) is 13.1 Å². The van der Waals surface area contributed by atoms with Crippen LogP contribution in [0.2, 0.25) is 0 Å². The number of likely N-dealkylation sites (tertiary alicyclic amines) is 1. The van der Waals surface area contributed by atoms with Crippen molar-refractivity contribution in [1.29, 1.82) is 0 Å². The highest BCUT2D eigenvalue weighted by atomic mass is 16.2. The molecule has 6 nitrogen and oxygen atoms in total. The summed E-state index contributed by atoms with van der Waals surface area (Å²) in [7, 11) is 0. The molecule has 0 aliphatic carbocycles. The highest BCUT2D eigenvalue weighted by molar-refractivity contribution is 5.98. The molecule has 1 aromatic carbocycles.